The molecule has 5 heteroatoms. The van der Waals surface area contributed by atoms with Crippen LogP contribution in [0.2, 0.25) is 0 Å². The summed E-state index contributed by atoms with van der Waals surface area (Å²) in [6.45, 7) is 4.58. The van der Waals surface area contributed by atoms with Gasteiger partial charge in [-0.1, -0.05) is 49.1 Å². The third kappa shape index (κ3) is 3.09. The Morgan fingerprint density at radius 2 is 1.71 bits per heavy atom. The minimum absolute atomic E-state index is 0.269. The lowest BCUT2D eigenvalue weighted by Crippen LogP contribution is -3.10. The molecule has 1 N–H and O–H groups in total. The van der Waals surface area contributed by atoms with E-state index in [-0.39, 0.29) is 6.04 Å². The van der Waals surface area contributed by atoms with Crippen LogP contribution in [-0.4, -0.2) is 33.3 Å². The molecule has 2 heterocycles. The molecule has 2 fully saturated rings. The zero-order valence-electron chi connectivity index (χ0n) is 14.6. The number of benzene rings is 1. The molecule has 5 nitrogen and oxygen atoms in total. The lowest BCUT2D eigenvalue weighted by molar-refractivity contribution is -0.914. The highest BCUT2D eigenvalue weighted by Crippen LogP contribution is 2.30. The molecule has 2 aliphatic rings. The molecule has 128 valence electrons. The van der Waals surface area contributed by atoms with Gasteiger partial charge < -0.3 is 4.90 Å². The maximum absolute atomic E-state index is 4.52. The highest BCUT2D eigenvalue weighted by molar-refractivity contribution is 5.26. The van der Waals surface area contributed by atoms with Gasteiger partial charge in [-0.25, -0.2) is 4.68 Å². The van der Waals surface area contributed by atoms with Crippen LogP contribution in [0.3, 0.4) is 0 Å². The van der Waals surface area contributed by atoms with E-state index in [4.69, 9.17) is 0 Å². The summed E-state index contributed by atoms with van der Waals surface area (Å²) in [6, 6.07) is 9.72. The third-order valence-electron chi connectivity index (χ3n) is 5.76. The van der Waals surface area contributed by atoms with Gasteiger partial charge in [0.1, 0.15) is 0 Å². The van der Waals surface area contributed by atoms with Gasteiger partial charge in [-0.2, -0.15) is 0 Å². The second kappa shape index (κ2) is 7.01. The first-order valence-corrected chi connectivity index (χ1v) is 9.52. The second-order valence-corrected chi connectivity index (χ2v) is 7.48. The van der Waals surface area contributed by atoms with Gasteiger partial charge in [0.2, 0.25) is 5.82 Å². The van der Waals surface area contributed by atoms with E-state index in [9.17, 15) is 0 Å². The summed E-state index contributed by atoms with van der Waals surface area (Å²) in [4.78, 5) is 1.62. The van der Waals surface area contributed by atoms with Crippen molar-refractivity contribution in [3.8, 4) is 0 Å². The van der Waals surface area contributed by atoms with Crippen molar-refractivity contribution in [2.24, 2.45) is 0 Å². The number of nitrogens with zero attached hydrogens (tertiary/aromatic N) is 4. The molecular weight excluding hydrogens is 298 g/mol. The van der Waals surface area contributed by atoms with Crippen LogP contribution in [0.25, 0.3) is 0 Å². The van der Waals surface area contributed by atoms with Crippen LogP contribution >= 0.6 is 0 Å². The van der Waals surface area contributed by atoms with E-state index in [1.807, 2.05) is 0 Å². The van der Waals surface area contributed by atoms with Crippen LogP contribution in [0, 0.1) is 6.92 Å². The standard InChI is InChI=1S/C19H27N5/c1-15-9-11-16(12-10-15)18(23-13-5-6-14-23)19-20-21-22-24(19)17-7-3-2-4-8-17/h9-12,17-18H,2-8,13-14H2,1H3/p+1/t18-/m1/s1. The number of likely N-dealkylation sites (tertiary alicyclic amines) is 1. The zero-order valence-corrected chi connectivity index (χ0v) is 14.6. The van der Waals surface area contributed by atoms with Crippen LogP contribution < -0.4 is 4.90 Å². The Hall–Kier alpha value is -1.75. The average Bonchev–Trinajstić information content (AvgIpc) is 3.30. The van der Waals surface area contributed by atoms with Crippen molar-refractivity contribution in [2.45, 2.75) is 64.0 Å². The Morgan fingerprint density at radius 1 is 1.00 bits per heavy atom. The largest absolute Gasteiger partial charge is 0.322 e. The van der Waals surface area contributed by atoms with E-state index in [0.29, 0.717) is 6.04 Å². The predicted molar refractivity (Wildman–Crippen MR) is 92.9 cm³/mol. The number of aromatic nitrogens is 4. The van der Waals surface area contributed by atoms with Gasteiger partial charge >= 0.3 is 0 Å². The fraction of sp³-hybridized carbons (Fsp3) is 0.632. The number of tetrazole rings is 1. The number of quaternary nitrogens is 1. The molecular formula is C19H28N5+. The van der Waals surface area contributed by atoms with E-state index in [1.165, 1.54) is 69.2 Å². The smallest absolute Gasteiger partial charge is 0.214 e. The van der Waals surface area contributed by atoms with Gasteiger partial charge in [0, 0.05) is 18.4 Å². The van der Waals surface area contributed by atoms with Crippen molar-refractivity contribution in [1.29, 1.82) is 0 Å². The highest BCUT2D eigenvalue weighted by atomic mass is 15.6. The van der Waals surface area contributed by atoms with Crippen LogP contribution in [0.1, 0.15) is 74.0 Å². The van der Waals surface area contributed by atoms with Crippen LogP contribution in [0.5, 0.6) is 0 Å². The normalized spacial score (nSPS) is 21.2. The van der Waals surface area contributed by atoms with E-state index >= 15 is 0 Å². The predicted octanol–water partition coefficient (Wildman–Crippen LogP) is 2.25. The molecule has 1 aliphatic carbocycles. The molecule has 1 saturated heterocycles. The molecule has 1 aromatic heterocycles. The second-order valence-electron chi connectivity index (χ2n) is 7.48. The Bertz CT molecular complexity index is 651. The minimum Gasteiger partial charge on any atom is -0.322 e. The van der Waals surface area contributed by atoms with E-state index < -0.39 is 0 Å². The first-order chi connectivity index (χ1) is 11.8. The van der Waals surface area contributed by atoms with Gasteiger partial charge in [-0.3, -0.25) is 0 Å². The fourth-order valence-corrected chi connectivity index (χ4v) is 4.42. The maximum Gasteiger partial charge on any atom is 0.214 e. The van der Waals surface area contributed by atoms with Crippen molar-refractivity contribution in [1.82, 2.24) is 20.2 Å². The minimum atomic E-state index is 0.269. The molecule has 0 radical (unpaired) electrons. The molecule has 24 heavy (non-hydrogen) atoms. The van der Waals surface area contributed by atoms with Crippen molar-refractivity contribution < 1.29 is 4.90 Å². The molecule has 0 spiro atoms. The quantitative estimate of drug-likeness (QED) is 0.937. The van der Waals surface area contributed by atoms with Gasteiger partial charge in [-0.05, 0) is 30.2 Å². The van der Waals surface area contributed by atoms with Crippen molar-refractivity contribution in [3.63, 3.8) is 0 Å². The highest BCUT2D eigenvalue weighted by Gasteiger charge is 2.35. The molecule has 1 saturated carbocycles. The lowest BCUT2D eigenvalue weighted by Gasteiger charge is -2.27. The first kappa shape index (κ1) is 15.8. The molecule has 1 aliphatic heterocycles. The van der Waals surface area contributed by atoms with E-state index in [2.05, 4.69) is 51.4 Å². The molecule has 4 rings (SSSR count). The van der Waals surface area contributed by atoms with E-state index in [1.54, 1.807) is 4.90 Å². The summed E-state index contributed by atoms with van der Waals surface area (Å²) >= 11 is 0. The maximum atomic E-state index is 4.52. The van der Waals surface area contributed by atoms with Crippen molar-refractivity contribution >= 4 is 0 Å². The molecule has 1 aromatic carbocycles. The first-order valence-electron chi connectivity index (χ1n) is 9.52. The molecule has 0 bridgehead atoms. The van der Waals surface area contributed by atoms with Crippen LogP contribution in [0.4, 0.5) is 0 Å². The lowest BCUT2D eigenvalue weighted by atomic mass is 9.95. The Morgan fingerprint density at radius 3 is 2.42 bits per heavy atom. The molecule has 0 unspecified atom stereocenters. The molecule has 0 amide bonds. The SMILES string of the molecule is Cc1ccc([C@H](c2nnnn2C2CCCCC2)[NH+]2CCCC2)cc1. The van der Waals surface area contributed by atoms with E-state index in [0.717, 1.165) is 5.82 Å². The molecule has 1 atom stereocenters. The van der Waals surface area contributed by atoms with Crippen molar-refractivity contribution in [3.05, 3.63) is 41.2 Å². The fourth-order valence-electron chi connectivity index (χ4n) is 4.42. The number of rotatable bonds is 4. The van der Waals surface area contributed by atoms with Crippen LogP contribution in [-0.2, 0) is 0 Å². The zero-order chi connectivity index (χ0) is 16.4. The number of nitrogens with one attached hydrogen (secondary N) is 1. The average molecular weight is 326 g/mol. The Labute approximate surface area is 144 Å². The summed E-state index contributed by atoms with van der Waals surface area (Å²) in [6.07, 6.45) is 9.01. The van der Waals surface area contributed by atoms with Crippen LogP contribution in [0.15, 0.2) is 24.3 Å². The summed E-state index contributed by atoms with van der Waals surface area (Å²) in [5.41, 5.74) is 2.66. The summed E-state index contributed by atoms with van der Waals surface area (Å²) < 4.78 is 2.16. The summed E-state index contributed by atoms with van der Waals surface area (Å²) in [5, 5.41) is 13.0. The molecule has 2 aromatic rings. The summed E-state index contributed by atoms with van der Waals surface area (Å²) in [7, 11) is 0. The summed E-state index contributed by atoms with van der Waals surface area (Å²) in [5.74, 6) is 1.07. The number of aryl methyl sites for hydroxylation is 1. The topological polar surface area (TPSA) is 48.0 Å². The van der Waals surface area contributed by atoms with Crippen molar-refractivity contribution in [2.75, 3.05) is 13.1 Å². The van der Waals surface area contributed by atoms with Gasteiger partial charge in [0.15, 0.2) is 6.04 Å². The number of hydrogen-bond acceptors (Lipinski definition) is 3. The van der Waals surface area contributed by atoms with Gasteiger partial charge in [0.05, 0.1) is 19.1 Å². The Balaban J connectivity index is 1.71. The Kier molecular flexibility index (Phi) is 4.60. The monoisotopic (exact) mass is 326 g/mol. The number of hydrogen-bond donors (Lipinski definition) is 1. The van der Waals surface area contributed by atoms with Gasteiger partial charge in [-0.15, -0.1) is 5.10 Å². The van der Waals surface area contributed by atoms with Gasteiger partial charge in [0.25, 0.3) is 0 Å². The third-order valence-corrected chi connectivity index (χ3v) is 5.76.